The second kappa shape index (κ2) is 7.94. The average Bonchev–Trinajstić information content (AvgIpc) is 2.61. The average molecular weight is 381 g/mol. The van der Waals surface area contributed by atoms with Crippen molar-refractivity contribution in [2.75, 3.05) is 0 Å². The van der Waals surface area contributed by atoms with E-state index in [1.807, 2.05) is 39.0 Å². The number of amides is 1. The van der Waals surface area contributed by atoms with Crippen LogP contribution in [0.4, 0.5) is 0 Å². The minimum atomic E-state index is -0.131. The van der Waals surface area contributed by atoms with Gasteiger partial charge in [0.15, 0.2) is 0 Å². The number of aromatic nitrogens is 1. The summed E-state index contributed by atoms with van der Waals surface area (Å²) in [5.41, 5.74) is 5.72. The Kier molecular flexibility index (Phi) is 5.78. The second-order valence-corrected chi connectivity index (χ2v) is 9.08. The van der Waals surface area contributed by atoms with Gasteiger partial charge in [0.2, 0.25) is 0 Å². The molecule has 1 fully saturated rings. The van der Waals surface area contributed by atoms with Crippen molar-refractivity contribution in [2.45, 2.75) is 72.8 Å². The predicted octanol–water partition coefficient (Wildman–Crippen LogP) is 4.91. The molecule has 0 unspecified atom stereocenters. The highest BCUT2D eigenvalue weighted by Gasteiger charge is 2.29. The van der Waals surface area contributed by atoms with Crippen LogP contribution in [0.15, 0.2) is 29.1 Å². The highest BCUT2D eigenvalue weighted by Crippen LogP contribution is 2.43. The van der Waals surface area contributed by atoms with E-state index in [0.29, 0.717) is 22.5 Å². The Morgan fingerprint density at radius 3 is 2.50 bits per heavy atom. The second-order valence-electron chi connectivity index (χ2n) is 9.08. The van der Waals surface area contributed by atoms with Crippen LogP contribution in [-0.2, 0) is 6.54 Å². The quantitative estimate of drug-likeness (QED) is 0.791. The summed E-state index contributed by atoms with van der Waals surface area (Å²) in [4.78, 5) is 27.8. The first-order chi connectivity index (χ1) is 13.2. The molecule has 0 atom stereocenters. The van der Waals surface area contributed by atoms with E-state index in [4.69, 9.17) is 0 Å². The first-order valence-electron chi connectivity index (χ1n) is 10.2. The Labute approximate surface area is 167 Å². The van der Waals surface area contributed by atoms with E-state index in [-0.39, 0.29) is 18.0 Å². The molecule has 3 rings (SSSR count). The molecule has 4 heteroatoms. The number of pyridine rings is 1. The molecule has 0 saturated heterocycles. The number of H-pyrrole nitrogens is 1. The van der Waals surface area contributed by atoms with Crippen molar-refractivity contribution in [3.8, 4) is 0 Å². The molecular weight excluding hydrogens is 348 g/mol. The topological polar surface area (TPSA) is 62.0 Å². The first-order valence-corrected chi connectivity index (χ1v) is 10.2. The number of nitrogens with one attached hydrogen (secondary N) is 2. The summed E-state index contributed by atoms with van der Waals surface area (Å²) >= 11 is 0. The largest absolute Gasteiger partial charge is 0.348 e. The van der Waals surface area contributed by atoms with Crippen LogP contribution in [0.25, 0.3) is 0 Å². The van der Waals surface area contributed by atoms with E-state index in [1.165, 1.54) is 31.2 Å². The standard InChI is InChI=1S/C24H32N2O2/c1-15-13-16(2)26-23(28)21(15)14-25-22(27)20-8-6-7-19(17(20)3)18-9-11-24(4,5)12-10-18/h6-8,13,18H,9-12,14H2,1-5H3,(H,25,27)(H,26,28). The lowest BCUT2D eigenvalue weighted by Crippen LogP contribution is -2.28. The van der Waals surface area contributed by atoms with Gasteiger partial charge in [-0.1, -0.05) is 26.0 Å². The summed E-state index contributed by atoms with van der Waals surface area (Å²) in [6.07, 6.45) is 4.81. The monoisotopic (exact) mass is 380 g/mol. The molecule has 1 aromatic heterocycles. The van der Waals surface area contributed by atoms with Crippen molar-refractivity contribution in [1.29, 1.82) is 0 Å². The summed E-state index contributed by atoms with van der Waals surface area (Å²) in [5, 5.41) is 2.94. The van der Waals surface area contributed by atoms with Crippen molar-refractivity contribution in [3.05, 3.63) is 68.1 Å². The molecule has 0 radical (unpaired) electrons. The van der Waals surface area contributed by atoms with Crippen LogP contribution >= 0.6 is 0 Å². The van der Waals surface area contributed by atoms with Crippen molar-refractivity contribution in [3.63, 3.8) is 0 Å². The van der Waals surface area contributed by atoms with E-state index >= 15 is 0 Å². The van der Waals surface area contributed by atoms with Gasteiger partial charge in [-0.05, 0) is 86.6 Å². The Morgan fingerprint density at radius 1 is 1.18 bits per heavy atom. The Morgan fingerprint density at radius 2 is 1.86 bits per heavy atom. The van der Waals surface area contributed by atoms with E-state index in [9.17, 15) is 9.59 Å². The van der Waals surface area contributed by atoms with Crippen LogP contribution in [0.2, 0.25) is 0 Å². The van der Waals surface area contributed by atoms with Gasteiger partial charge in [0.1, 0.15) is 0 Å². The summed E-state index contributed by atoms with van der Waals surface area (Å²) < 4.78 is 0. The third-order valence-corrected chi connectivity index (χ3v) is 6.32. The van der Waals surface area contributed by atoms with Gasteiger partial charge in [-0.3, -0.25) is 9.59 Å². The molecule has 150 valence electrons. The SMILES string of the molecule is Cc1cc(C)c(CNC(=O)c2cccc(C3CCC(C)(C)CC3)c2C)c(=O)[nH]1. The molecule has 0 bridgehead atoms. The fraction of sp³-hybridized carbons (Fsp3) is 0.500. The number of benzene rings is 1. The van der Waals surface area contributed by atoms with Crippen LogP contribution in [-0.4, -0.2) is 10.9 Å². The summed E-state index contributed by atoms with van der Waals surface area (Å²) in [6, 6.07) is 7.97. The van der Waals surface area contributed by atoms with Crippen LogP contribution in [0, 0.1) is 26.2 Å². The third-order valence-electron chi connectivity index (χ3n) is 6.32. The molecule has 1 aromatic carbocycles. The van der Waals surface area contributed by atoms with Gasteiger partial charge in [0, 0.05) is 23.4 Å². The van der Waals surface area contributed by atoms with E-state index < -0.39 is 0 Å². The Bertz CT molecular complexity index is 930. The lowest BCUT2D eigenvalue weighted by Gasteiger charge is -2.35. The van der Waals surface area contributed by atoms with Crippen molar-refractivity contribution in [2.24, 2.45) is 5.41 Å². The summed E-state index contributed by atoms with van der Waals surface area (Å²) in [5.74, 6) is 0.415. The zero-order chi connectivity index (χ0) is 20.5. The molecule has 1 heterocycles. The smallest absolute Gasteiger partial charge is 0.253 e. The van der Waals surface area contributed by atoms with Gasteiger partial charge in [0.05, 0.1) is 0 Å². The van der Waals surface area contributed by atoms with Crippen LogP contribution in [0.1, 0.15) is 83.8 Å². The highest BCUT2D eigenvalue weighted by atomic mass is 16.1. The van der Waals surface area contributed by atoms with Gasteiger partial charge in [-0.2, -0.15) is 0 Å². The molecule has 0 spiro atoms. The number of rotatable bonds is 4. The molecular formula is C24H32N2O2. The normalized spacial score (nSPS) is 16.8. The van der Waals surface area contributed by atoms with Gasteiger partial charge in [-0.15, -0.1) is 0 Å². The van der Waals surface area contributed by atoms with Crippen LogP contribution < -0.4 is 10.9 Å². The lowest BCUT2D eigenvalue weighted by molar-refractivity contribution is 0.0950. The number of aromatic amines is 1. The number of carbonyl (C=O) groups is 1. The van der Waals surface area contributed by atoms with Crippen LogP contribution in [0.5, 0.6) is 0 Å². The van der Waals surface area contributed by atoms with Gasteiger partial charge < -0.3 is 10.3 Å². The van der Waals surface area contributed by atoms with Crippen molar-refractivity contribution in [1.82, 2.24) is 10.3 Å². The minimum absolute atomic E-state index is 0.116. The zero-order valence-corrected chi connectivity index (χ0v) is 17.7. The van der Waals surface area contributed by atoms with Crippen molar-refractivity contribution < 1.29 is 4.79 Å². The number of hydrogen-bond donors (Lipinski definition) is 2. The number of carbonyl (C=O) groups excluding carboxylic acids is 1. The maximum absolute atomic E-state index is 12.8. The first kappa shape index (κ1) is 20.4. The summed E-state index contributed by atoms with van der Waals surface area (Å²) in [6.45, 7) is 10.7. The maximum atomic E-state index is 12.8. The van der Waals surface area contributed by atoms with Crippen LogP contribution in [0.3, 0.4) is 0 Å². The van der Waals surface area contributed by atoms with E-state index in [2.05, 4.69) is 30.2 Å². The number of hydrogen-bond acceptors (Lipinski definition) is 2. The zero-order valence-electron chi connectivity index (χ0n) is 17.7. The molecule has 4 nitrogen and oxygen atoms in total. The van der Waals surface area contributed by atoms with E-state index in [1.54, 1.807) is 0 Å². The minimum Gasteiger partial charge on any atom is -0.348 e. The van der Waals surface area contributed by atoms with Gasteiger partial charge in [-0.25, -0.2) is 0 Å². The molecule has 2 aromatic rings. The van der Waals surface area contributed by atoms with Gasteiger partial charge in [0.25, 0.3) is 11.5 Å². The third kappa shape index (κ3) is 4.37. The molecule has 1 aliphatic rings. The Balaban J connectivity index is 1.75. The number of aryl methyl sites for hydroxylation is 2. The molecule has 1 amide bonds. The molecule has 1 aliphatic carbocycles. The molecule has 28 heavy (non-hydrogen) atoms. The molecule has 2 N–H and O–H groups in total. The Hall–Kier alpha value is -2.36. The highest BCUT2D eigenvalue weighted by molar-refractivity contribution is 5.95. The molecule has 1 saturated carbocycles. The fourth-order valence-electron chi connectivity index (χ4n) is 4.42. The molecule has 0 aliphatic heterocycles. The predicted molar refractivity (Wildman–Crippen MR) is 114 cm³/mol. The fourth-order valence-corrected chi connectivity index (χ4v) is 4.42. The van der Waals surface area contributed by atoms with E-state index in [0.717, 1.165) is 16.8 Å². The van der Waals surface area contributed by atoms with Crippen molar-refractivity contribution >= 4 is 5.91 Å². The maximum Gasteiger partial charge on any atom is 0.253 e. The lowest BCUT2D eigenvalue weighted by atomic mass is 9.70. The van der Waals surface area contributed by atoms with Gasteiger partial charge >= 0.3 is 0 Å². The summed E-state index contributed by atoms with van der Waals surface area (Å²) in [7, 11) is 0.